The van der Waals surface area contributed by atoms with Crippen LogP contribution >= 0.6 is 22.9 Å². The van der Waals surface area contributed by atoms with E-state index in [0.29, 0.717) is 40.7 Å². The lowest BCUT2D eigenvalue weighted by atomic mass is 10.0. The smallest absolute Gasteiger partial charge is 0.410 e. The minimum absolute atomic E-state index is 0.309. The summed E-state index contributed by atoms with van der Waals surface area (Å²) in [4.78, 5) is 27.3. The Kier molecular flexibility index (Phi) is 5.64. The van der Waals surface area contributed by atoms with Gasteiger partial charge in [0.05, 0.1) is 12.1 Å². The summed E-state index contributed by atoms with van der Waals surface area (Å²) in [5.41, 5.74) is 1.24. The number of carbonyl (C=O) groups is 2. The fraction of sp³-hybridized carbons (Fsp3) is 0.350. The van der Waals surface area contributed by atoms with Crippen LogP contribution in [0.25, 0.3) is 0 Å². The Morgan fingerprint density at radius 3 is 2.57 bits per heavy atom. The van der Waals surface area contributed by atoms with Crippen molar-refractivity contribution in [1.82, 2.24) is 4.90 Å². The fourth-order valence-corrected chi connectivity index (χ4v) is 4.20. The molecule has 28 heavy (non-hydrogen) atoms. The number of ether oxygens (including phenoxy) is 1. The van der Waals surface area contributed by atoms with E-state index in [-0.39, 0.29) is 12.0 Å². The van der Waals surface area contributed by atoms with E-state index >= 15 is 0 Å². The Balaban J connectivity index is 1.79. The molecule has 0 fully saturated rings. The van der Waals surface area contributed by atoms with Crippen molar-refractivity contribution in [1.29, 1.82) is 5.26 Å². The molecule has 6 nitrogen and oxygen atoms in total. The molecule has 0 spiro atoms. The van der Waals surface area contributed by atoms with Crippen molar-refractivity contribution in [3.8, 4) is 6.07 Å². The van der Waals surface area contributed by atoms with E-state index in [1.807, 2.05) is 20.8 Å². The third-order valence-corrected chi connectivity index (χ3v) is 5.54. The molecule has 1 aromatic heterocycles. The summed E-state index contributed by atoms with van der Waals surface area (Å²) in [5.74, 6) is -0.309. The Labute approximate surface area is 172 Å². The number of anilines is 1. The van der Waals surface area contributed by atoms with Gasteiger partial charge in [0.25, 0.3) is 5.91 Å². The van der Waals surface area contributed by atoms with Crippen molar-refractivity contribution in [2.24, 2.45) is 0 Å². The average Bonchev–Trinajstić information content (AvgIpc) is 2.96. The van der Waals surface area contributed by atoms with Crippen molar-refractivity contribution >= 4 is 39.9 Å². The number of benzene rings is 1. The van der Waals surface area contributed by atoms with E-state index in [0.717, 1.165) is 10.4 Å². The highest BCUT2D eigenvalue weighted by atomic mass is 35.5. The molecule has 0 bridgehead atoms. The van der Waals surface area contributed by atoms with Crippen molar-refractivity contribution < 1.29 is 14.3 Å². The van der Waals surface area contributed by atoms with E-state index in [1.54, 1.807) is 29.2 Å². The Bertz CT molecular complexity index is 955. The van der Waals surface area contributed by atoms with Crippen molar-refractivity contribution in [3.63, 3.8) is 0 Å². The molecule has 0 radical (unpaired) electrons. The molecule has 1 N–H and O–H groups in total. The Morgan fingerprint density at radius 2 is 1.96 bits per heavy atom. The van der Waals surface area contributed by atoms with Gasteiger partial charge in [0, 0.05) is 22.0 Å². The van der Waals surface area contributed by atoms with Gasteiger partial charge in [-0.25, -0.2) is 4.79 Å². The number of amides is 2. The number of carbonyl (C=O) groups excluding carboxylic acids is 2. The molecule has 8 heteroatoms. The second kappa shape index (κ2) is 7.82. The molecule has 1 aliphatic rings. The van der Waals surface area contributed by atoms with Crippen LogP contribution in [0.2, 0.25) is 5.02 Å². The van der Waals surface area contributed by atoms with Crippen molar-refractivity contribution in [2.75, 3.05) is 11.9 Å². The van der Waals surface area contributed by atoms with Crippen LogP contribution < -0.4 is 5.32 Å². The zero-order valence-electron chi connectivity index (χ0n) is 15.8. The molecule has 146 valence electrons. The lowest BCUT2D eigenvalue weighted by Gasteiger charge is -2.29. The van der Waals surface area contributed by atoms with Crippen molar-refractivity contribution in [2.45, 2.75) is 39.3 Å². The van der Waals surface area contributed by atoms with E-state index in [1.165, 1.54) is 11.3 Å². The van der Waals surface area contributed by atoms with Gasteiger partial charge in [0.2, 0.25) is 0 Å². The number of nitrogens with one attached hydrogen (secondary N) is 1. The molecule has 3 rings (SSSR count). The van der Waals surface area contributed by atoms with Crippen LogP contribution in [0.5, 0.6) is 0 Å². The first-order valence-corrected chi connectivity index (χ1v) is 9.97. The first kappa shape index (κ1) is 20.2. The summed E-state index contributed by atoms with van der Waals surface area (Å²) in [6.07, 6.45) is 0.168. The maximum Gasteiger partial charge on any atom is 0.410 e. The highest BCUT2D eigenvalue weighted by Crippen LogP contribution is 2.37. The Morgan fingerprint density at radius 1 is 1.29 bits per heavy atom. The van der Waals surface area contributed by atoms with Crippen LogP contribution in [0.15, 0.2) is 24.3 Å². The minimum Gasteiger partial charge on any atom is -0.444 e. The lowest BCUT2D eigenvalue weighted by Crippen LogP contribution is -2.39. The summed E-state index contributed by atoms with van der Waals surface area (Å²) in [6.45, 7) is 6.30. The largest absolute Gasteiger partial charge is 0.444 e. The first-order chi connectivity index (χ1) is 13.2. The second-order valence-electron chi connectivity index (χ2n) is 7.43. The van der Waals surface area contributed by atoms with Gasteiger partial charge in [-0.3, -0.25) is 4.79 Å². The summed E-state index contributed by atoms with van der Waals surface area (Å²) < 4.78 is 5.43. The molecular formula is C20H20ClN3O3S. The topological polar surface area (TPSA) is 82.4 Å². The van der Waals surface area contributed by atoms with E-state index in [2.05, 4.69) is 11.4 Å². The number of halogens is 1. The van der Waals surface area contributed by atoms with Gasteiger partial charge in [-0.05, 0) is 57.0 Å². The van der Waals surface area contributed by atoms with Gasteiger partial charge < -0.3 is 15.0 Å². The standard InChI is InChI=1S/C20H20ClN3O3S/c1-20(2,3)27-19(26)24-9-8-14-15(10-22)18(28-16(14)11-24)23-17(25)12-4-6-13(21)7-5-12/h4-7H,8-9,11H2,1-3H3,(H,23,25). The maximum atomic E-state index is 12.5. The highest BCUT2D eigenvalue weighted by Gasteiger charge is 2.30. The zero-order valence-corrected chi connectivity index (χ0v) is 17.4. The van der Waals surface area contributed by atoms with Gasteiger partial charge >= 0.3 is 6.09 Å². The molecule has 0 saturated carbocycles. The van der Waals surface area contributed by atoms with E-state index in [9.17, 15) is 14.9 Å². The van der Waals surface area contributed by atoms with Gasteiger partial charge in [0.1, 0.15) is 16.7 Å². The third kappa shape index (κ3) is 4.46. The predicted octanol–water partition coefficient (Wildman–Crippen LogP) is 4.82. The highest BCUT2D eigenvalue weighted by molar-refractivity contribution is 7.16. The predicted molar refractivity (Wildman–Crippen MR) is 109 cm³/mol. The lowest BCUT2D eigenvalue weighted by molar-refractivity contribution is 0.0226. The van der Waals surface area contributed by atoms with Crippen LogP contribution in [0.1, 0.15) is 47.1 Å². The van der Waals surface area contributed by atoms with Gasteiger partial charge in [-0.2, -0.15) is 5.26 Å². The first-order valence-electron chi connectivity index (χ1n) is 8.77. The summed E-state index contributed by atoms with van der Waals surface area (Å²) in [7, 11) is 0. The number of hydrogen-bond donors (Lipinski definition) is 1. The molecule has 1 aliphatic heterocycles. The van der Waals surface area contributed by atoms with Crippen molar-refractivity contribution in [3.05, 3.63) is 50.9 Å². The minimum atomic E-state index is -0.567. The number of hydrogen-bond acceptors (Lipinski definition) is 5. The fourth-order valence-electron chi connectivity index (χ4n) is 2.87. The Hall–Kier alpha value is -2.56. The molecule has 2 aromatic rings. The molecule has 0 unspecified atom stereocenters. The van der Waals surface area contributed by atoms with E-state index < -0.39 is 5.60 Å². The van der Waals surface area contributed by atoms with Gasteiger partial charge in [0.15, 0.2) is 0 Å². The van der Waals surface area contributed by atoms with Crippen LogP contribution in [0.4, 0.5) is 9.80 Å². The molecule has 0 saturated heterocycles. The molecule has 0 aliphatic carbocycles. The molecule has 2 heterocycles. The van der Waals surface area contributed by atoms with Gasteiger partial charge in [-0.1, -0.05) is 11.6 Å². The molecule has 1 aromatic carbocycles. The van der Waals surface area contributed by atoms with Crippen LogP contribution in [-0.4, -0.2) is 29.0 Å². The molecule has 0 atom stereocenters. The summed E-state index contributed by atoms with van der Waals surface area (Å²) >= 11 is 7.18. The quantitative estimate of drug-likeness (QED) is 0.759. The molecular weight excluding hydrogens is 398 g/mol. The van der Waals surface area contributed by atoms with Crippen LogP contribution in [0, 0.1) is 11.3 Å². The SMILES string of the molecule is CC(C)(C)OC(=O)N1CCc2c(sc(NC(=O)c3ccc(Cl)cc3)c2C#N)C1. The average molecular weight is 418 g/mol. The zero-order chi connectivity index (χ0) is 20.5. The van der Waals surface area contributed by atoms with Crippen LogP contribution in [-0.2, 0) is 17.7 Å². The van der Waals surface area contributed by atoms with E-state index in [4.69, 9.17) is 16.3 Å². The number of nitriles is 1. The molecule has 2 amide bonds. The number of rotatable bonds is 2. The van der Waals surface area contributed by atoms with Gasteiger partial charge in [-0.15, -0.1) is 11.3 Å². The number of nitrogens with zero attached hydrogens (tertiary/aromatic N) is 2. The third-order valence-electron chi connectivity index (χ3n) is 4.15. The normalized spacial score (nSPS) is 13.5. The summed E-state index contributed by atoms with van der Waals surface area (Å²) in [5, 5.41) is 13.5. The number of thiophene rings is 1. The second-order valence-corrected chi connectivity index (χ2v) is 8.97. The summed E-state index contributed by atoms with van der Waals surface area (Å²) in [6, 6.07) is 8.72. The number of fused-ring (bicyclic) bond motifs is 1. The maximum absolute atomic E-state index is 12.5. The van der Waals surface area contributed by atoms with Crippen LogP contribution in [0.3, 0.4) is 0 Å². The monoisotopic (exact) mass is 417 g/mol.